The highest BCUT2D eigenvalue weighted by Gasteiger charge is 2.17. The van der Waals surface area contributed by atoms with Crippen LogP contribution < -0.4 is 26.4 Å². The zero-order valence-electron chi connectivity index (χ0n) is 16.9. The summed E-state index contributed by atoms with van der Waals surface area (Å²) in [7, 11) is 2.89. The third-order valence-corrected chi connectivity index (χ3v) is 4.74. The van der Waals surface area contributed by atoms with Crippen LogP contribution in [0.2, 0.25) is 0 Å². The summed E-state index contributed by atoms with van der Waals surface area (Å²) in [5, 5.41) is 11.4. The Bertz CT molecular complexity index is 1080. The third-order valence-electron chi connectivity index (χ3n) is 4.74. The summed E-state index contributed by atoms with van der Waals surface area (Å²) >= 11 is 0. The van der Waals surface area contributed by atoms with Crippen molar-refractivity contribution in [2.45, 2.75) is 12.8 Å². The zero-order chi connectivity index (χ0) is 21.8. The Morgan fingerprint density at radius 3 is 2.77 bits per heavy atom. The Labute approximate surface area is 177 Å². The maximum absolute atomic E-state index is 14.6. The lowest BCUT2D eigenvalue weighted by atomic mass is 10.0. The van der Waals surface area contributed by atoms with Gasteiger partial charge in [0.1, 0.15) is 0 Å². The normalized spacial score (nSPS) is 14.4. The molecular formula is C20H21FN8O2. The Hall–Kier alpha value is -3.99. The van der Waals surface area contributed by atoms with Crippen molar-refractivity contribution in [1.29, 1.82) is 0 Å². The van der Waals surface area contributed by atoms with Crippen LogP contribution in [-0.4, -0.2) is 40.9 Å². The molecule has 0 saturated heterocycles. The molecule has 1 aromatic carbocycles. The number of amidine groups is 1. The molecule has 4 rings (SSSR count). The molecule has 1 amide bonds. The average molecular weight is 424 g/mol. The number of carbonyl (C=O) groups is 1. The van der Waals surface area contributed by atoms with Crippen molar-refractivity contribution in [3.05, 3.63) is 71.1 Å². The highest BCUT2D eigenvalue weighted by atomic mass is 19.1. The minimum absolute atomic E-state index is 0.0385. The lowest BCUT2D eigenvalue weighted by molar-refractivity contribution is 0.0962. The minimum atomic E-state index is -0.474. The number of hydrazone groups is 1. The third kappa shape index (κ3) is 4.46. The van der Waals surface area contributed by atoms with Crippen molar-refractivity contribution in [1.82, 2.24) is 31.4 Å². The predicted octanol–water partition coefficient (Wildman–Crippen LogP) is 1.23. The fourth-order valence-electron chi connectivity index (χ4n) is 3.10. The smallest absolute Gasteiger partial charge is 0.251 e. The number of halogens is 1. The van der Waals surface area contributed by atoms with E-state index < -0.39 is 5.82 Å². The lowest BCUT2D eigenvalue weighted by Gasteiger charge is -2.17. The first-order valence-corrected chi connectivity index (χ1v) is 9.51. The number of aromatic nitrogens is 2. The Morgan fingerprint density at radius 1 is 1.23 bits per heavy atom. The highest BCUT2D eigenvalue weighted by Crippen LogP contribution is 2.24. The maximum atomic E-state index is 14.6. The van der Waals surface area contributed by atoms with E-state index in [0.717, 1.165) is 17.1 Å². The van der Waals surface area contributed by atoms with E-state index in [1.807, 2.05) is 18.4 Å². The minimum Gasteiger partial charge on any atom is -0.494 e. The van der Waals surface area contributed by atoms with E-state index in [1.54, 1.807) is 17.4 Å². The van der Waals surface area contributed by atoms with Gasteiger partial charge in [-0.3, -0.25) is 4.79 Å². The van der Waals surface area contributed by atoms with Gasteiger partial charge in [-0.2, -0.15) is 0 Å². The molecule has 160 valence electrons. The van der Waals surface area contributed by atoms with Gasteiger partial charge in [-0.05, 0) is 48.3 Å². The number of allylic oxidation sites excluding steroid dienone is 1. The van der Waals surface area contributed by atoms with Crippen LogP contribution in [0.1, 0.15) is 21.5 Å². The van der Waals surface area contributed by atoms with Crippen LogP contribution in [-0.2, 0) is 12.8 Å². The van der Waals surface area contributed by atoms with Gasteiger partial charge in [0.15, 0.2) is 17.4 Å². The predicted molar refractivity (Wildman–Crippen MR) is 112 cm³/mol. The Morgan fingerprint density at radius 2 is 2.03 bits per heavy atom. The molecule has 0 spiro atoms. The molecule has 31 heavy (non-hydrogen) atoms. The van der Waals surface area contributed by atoms with Crippen LogP contribution in [0.15, 0.2) is 53.7 Å². The molecule has 2 aliphatic heterocycles. The van der Waals surface area contributed by atoms with Crippen molar-refractivity contribution < 1.29 is 13.9 Å². The number of hydrogen-bond donors (Lipinski definition) is 4. The maximum Gasteiger partial charge on any atom is 0.251 e. The lowest BCUT2D eigenvalue weighted by Crippen LogP contribution is -2.37. The molecule has 4 N–H and O–H groups in total. The van der Waals surface area contributed by atoms with Crippen molar-refractivity contribution in [3.63, 3.8) is 0 Å². The van der Waals surface area contributed by atoms with Crippen LogP contribution in [0.5, 0.6) is 5.75 Å². The average Bonchev–Trinajstić information content (AvgIpc) is 3.26. The monoisotopic (exact) mass is 424 g/mol. The summed E-state index contributed by atoms with van der Waals surface area (Å²) in [5.41, 5.74) is 7.86. The molecule has 10 nitrogen and oxygen atoms in total. The number of rotatable bonds is 7. The summed E-state index contributed by atoms with van der Waals surface area (Å²) < 4.78 is 19.7. The summed E-state index contributed by atoms with van der Waals surface area (Å²) in [4.78, 5) is 20.6. The fourth-order valence-corrected chi connectivity index (χ4v) is 3.10. The van der Waals surface area contributed by atoms with E-state index in [1.165, 1.54) is 26.3 Å². The quantitative estimate of drug-likeness (QED) is 0.525. The number of methoxy groups -OCH3 is 1. The summed E-state index contributed by atoms with van der Waals surface area (Å²) in [6.07, 6.45) is 9.74. The van der Waals surface area contributed by atoms with Gasteiger partial charge in [-0.25, -0.2) is 24.9 Å². The Balaban J connectivity index is 1.41. The van der Waals surface area contributed by atoms with Gasteiger partial charge in [0.25, 0.3) is 5.91 Å². The van der Waals surface area contributed by atoms with E-state index in [0.29, 0.717) is 29.9 Å². The summed E-state index contributed by atoms with van der Waals surface area (Å²) in [6.45, 7) is 0. The molecule has 2 aromatic rings. The molecule has 2 aliphatic rings. The summed E-state index contributed by atoms with van der Waals surface area (Å²) in [6, 6.07) is 2.92. The van der Waals surface area contributed by atoms with Gasteiger partial charge < -0.3 is 15.4 Å². The molecule has 0 atom stereocenters. The number of nitrogens with one attached hydrogen (secondary N) is 4. The van der Waals surface area contributed by atoms with Gasteiger partial charge >= 0.3 is 0 Å². The number of nitrogens with zero attached hydrogens (tertiary/aromatic N) is 4. The first-order chi connectivity index (χ1) is 15.1. The van der Waals surface area contributed by atoms with Gasteiger partial charge in [-0.1, -0.05) is 0 Å². The molecule has 0 aliphatic carbocycles. The molecule has 0 unspecified atom stereocenters. The molecule has 11 heteroatoms. The number of carbonyl (C=O) groups excluding carboxylic acids is 1. The fraction of sp³-hybridized carbons (Fsp3) is 0.200. The van der Waals surface area contributed by atoms with Gasteiger partial charge in [0, 0.05) is 31.2 Å². The second kappa shape index (κ2) is 8.79. The molecular weight excluding hydrogens is 403 g/mol. The number of anilines is 1. The van der Waals surface area contributed by atoms with Crippen LogP contribution in [0.4, 0.5) is 10.3 Å². The van der Waals surface area contributed by atoms with Crippen LogP contribution >= 0.6 is 0 Å². The van der Waals surface area contributed by atoms with E-state index in [4.69, 9.17) is 4.74 Å². The standard InChI is InChI=1S/C20H21FN8O2/c1-22-19(30)14-7-13(18(21)16(8-14)31-2)4-3-12-9-23-20(24-10-12)25-15-5-6-17-26-27-28-29(17)11-15/h5-11,27-28H,3-4H2,1-2H3,(H,22,30)(H,23,24,25). The van der Waals surface area contributed by atoms with Gasteiger partial charge in [0.2, 0.25) is 5.95 Å². The number of hydrogen-bond acceptors (Lipinski definition) is 9. The van der Waals surface area contributed by atoms with Crippen LogP contribution in [0, 0.1) is 5.82 Å². The summed E-state index contributed by atoms with van der Waals surface area (Å²) in [5.74, 6) is 0.436. The van der Waals surface area contributed by atoms with Crippen molar-refractivity contribution >= 4 is 17.7 Å². The van der Waals surface area contributed by atoms with E-state index in [2.05, 4.69) is 36.8 Å². The topological polar surface area (TPSA) is 116 Å². The number of amides is 1. The first kappa shape index (κ1) is 20.3. The van der Waals surface area contributed by atoms with Crippen molar-refractivity contribution in [3.8, 4) is 5.75 Å². The molecule has 0 saturated carbocycles. The van der Waals surface area contributed by atoms with Gasteiger partial charge in [0.05, 0.1) is 12.8 Å². The van der Waals surface area contributed by atoms with Crippen LogP contribution in [0.3, 0.4) is 0 Å². The van der Waals surface area contributed by atoms with E-state index in [9.17, 15) is 9.18 Å². The molecule has 3 heterocycles. The Kier molecular flexibility index (Phi) is 5.76. The van der Waals surface area contributed by atoms with Crippen molar-refractivity contribution in [2.24, 2.45) is 5.10 Å². The first-order valence-electron chi connectivity index (χ1n) is 9.51. The van der Waals surface area contributed by atoms with E-state index >= 15 is 0 Å². The van der Waals surface area contributed by atoms with Crippen LogP contribution in [0.25, 0.3) is 0 Å². The largest absolute Gasteiger partial charge is 0.494 e. The SMILES string of the molecule is CNC(=O)c1cc(CCc2cnc(NC3=CN4NNN=C4C=C3)nc2)c(F)c(OC)c1. The molecule has 0 radical (unpaired) electrons. The zero-order valence-corrected chi connectivity index (χ0v) is 16.9. The number of ether oxygens (including phenoxy) is 1. The highest BCUT2D eigenvalue weighted by molar-refractivity contribution is 5.95. The number of hydrazine groups is 2. The second-order valence-electron chi connectivity index (χ2n) is 6.75. The second-order valence-corrected chi connectivity index (χ2v) is 6.75. The molecule has 1 aromatic heterocycles. The number of fused-ring (bicyclic) bond motifs is 1. The number of aryl methyl sites for hydroxylation is 2. The number of benzene rings is 1. The van der Waals surface area contributed by atoms with Crippen molar-refractivity contribution in [2.75, 3.05) is 19.5 Å². The molecule has 0 fully saturated rings. The van der Waals surface area contributed by atoms with Gasteiger partial charge in [-0.15, -0.1) is 10.6 Å². The van der Waals surface area contributed by atoms with E-state index in [-0.39, 0.29) is 11.7 Å². The molecule has 0 bridgehead atoms.